The first kappa shape index (κ1) is 16.9. The summed E-state index contributed by atoms with van der Waals surface area (Å²) in [5, 5.41) is 30.9. The molecule has 1 aromatic carbocycles. The lowest BCUT2D eigenvalue weighted by molar-refractivity contribution is -0.384. The Hall–Kier alpha value is -2.92. The summed E-state index contributed by atoms with van der Waals surface area (Å²) in [6.07, 6.45) is 4.49. The average molecular weight is 341 g/mol. The molecule has 1 aliphatic rings. The molecule has 0 radical (unpaired) electrons. The number of nitrogens with zero attached hydrogens (tertiary/aromatic N) is 5. The molecule has 3 rings (SSSR count). The number of rotatable bonds is 4. The maximum absolute atomic E-state index is 10.9. The van der Waals surface area contributed by atoms with E-state index >= 15 is 0 Å². The average Bonchev–Trinajstić information content (AvgIpc) is 3.06. The van der Waals surface area contributed by atoms with Crippen LogP contribution in [0.4, 0.5) is 11.4 Å². The minimum absolute atomic E-state index is 0.0171. The van der Waals surface area contributed by atoms with Gasteiger partial charge in [0, 0.05) is 50.6 Å². The minimum atomic E-state index is -0.689. The summed E-state index contributed by atoms with van der Waals surface area (Å²) in [6.45, 7) is 1.32. The fourth-order valence-corrected chi connectivity index (χ4v) is 3.36. The molecule has 8 heteroatoms. The zero-order chi connectivity index (χ0) is 18.0. The van der Waals surface area contributed by atoms with Gasteiger partial charge in [-0.3, -0.25) is 10.1 Å². The molecule has 0 spiro atoms. The van der Waals surface area contributed by atoms with Gasteiger partial charge >= 0.3 is 0 Å². The molecule has 1 aliphatic heterocycles. The molecule has 0 saturated carbocycles. The molecule has 1 saturated heterocycles. The number of anilines is 1. The monoisotopic (exact) mass is 341 g/mol. The van der Waals surface area contributed by atoms with Gasteiger partial charge in [0.2, 0.25) is 0 Å². The van der Waals surface area contributed by atoms with Crippen LogP contribution in [0.25, 0.3) is 0 Å². The van der Waals surface area contributed by atoms with Crippen molar-refractivity contribution in [1.29, 1.82) is 5.26 Å². The van der Waals surface area contributed by atoms with E-state index in [4.69, 9.17) is 0 Å². The van der Waals surface area contributed by atoms with Crippen molar-refractivity contribution in [2.75, 3.05) is 18.0 Å². The summed E-state index contributed by atoms with van der Waals surface area (Å²) in [5.41, 5.74) is 0.855. The van der Waals surface area contributed by atoms with E-state index in [0.717, 1.165) is 19.4 Å². The number of nitriles is 1. The van der Waals surface area contributed by atoms with Crippen molar-refractivity contribution in [2.24, 2.45) is 13.0 Å². The molecule has 1 N–H and O–H groups in total. The number of non-ortho nitro benzene ring substituents is 1. The van der Waals surface area contributed by atoms with Crippen molar-refractivity contribution in [3.05, 3.63) is 52.1 Å². The molecule has 2 heterocycles. The normalized spacial score (nSPS) is 18.6. The lowest BCUT2D eigenvalue weighted by atomic mass is 9.91. The van der Waals surface area contributed by atoms with Crippen LogP contribution in [-0.2, 0) is 7.05 Å². The molecule has 25 heavy (non-hydrogen) atoms. The molecule has 2 unspecified atom stereocenters. The predicted molar refractivity (Wildman–Crippen MR) is 90.9 cm³/mol. The molecule has 0 bridgehead atoms. The van der Waals surface area contributed by atoms with Gasteiger partial charge in [0.1, 0.15) is 18.0 Å². The number of piperidine rings is 1. The number of nitro groups is 1. The molecular weight excluding hydrogens is 322 g/mol. The number of aliphatic hydroxyl groups is 1. The first-order chi connectivity index (χ1) is 12.0. The van der Waals surface area contributed by atoms with Crippen LogP contribution >= 0.6 is 0 Å². The van der Waals surface area contributed by atoms with Gasteiger partial charge in [-0.25, -0.2) is 4.98 Å². The first-order valence-electron chi connectivity index (χ1n) is 8.10. The van der Waals surface area contributed by atoms with Crippen LogP contribution in [0.2, 0.25) is 0 Å². The minimum Gasteiger partial charge on any atom is -0.385 e. The largest absolute Gasteiger partial charge is 0.385 e. The second kappa shape index (κ2) is 6.91. The molecular formula is C17H19N5O3. The molecule has 8 nitrogen and oxygen atoms in total. The zero-order valence-corrected chi connectivity index (χ0v) is 13.9. The fourth-order valence-electron chi connectivity index (χ4n) is 3.36. The fraction of sp³-hybridized carbons (Fsp3) is 0.412. The molecule has 0 amide bonds. The van der Waals surface area contributed by atoms with Gasteiger partial charge in [-0.15, -0.1) is 0 Å². The Morgan fingerprint density at radius 1 is 1.52 bits per heavy atom. The second-order valence-corrected chi connectivity index (χ2v) is 6.26. The zero-order valence-electron chi connectivity index (χ0n) is 13.9. The van der Waals surface area contributed by atoms with Crippen LogP contribution in [0.15, 0.2) is 30.6 Å². The summed E-state index contributed by atoms with van der Waals surface area (Å²) in [7, 11) is 1.84. The summed E-state index contributed by atoms with van der Waals surface area (Å²) in [6, 6.07) is 6.37. The summed E-state index contributed by atoms with van der Waals surface area (Å²) < 4.78 is 1.80. The van der Waals surface area contributed by atoms with Crippen LogP contribution in [0, 0.1) is 27.4 Å². The SMILES string of the molecule is Cn1ccnc1C(O)C1CCCN(c2ccc([N+](=O)[O-])cc2C#N)C1. The number of aryl methyl sites for hydroxylation is 1. The van der Waals surface area contributed by atoms with Crippen molar-refractivity contribution < 1.29 is 10.0 Å². The number of aliphatic hydroxyl groups excluding tert-OH is 1. The smallest absolute Gasteiger partial charge is 0.270 e. The van der Waals surface area contributed by atoms with Gasteiger partial charge in [-0.2, -0.15) is 5.26 Å². The molecule has 1 fully saturated rings. The van der Waals surface area contributed by atoms with Crippen molar-refractivity contribution in [2.45, 2.75) is 18.9 Å². The van der Waals surface area contributed by atoms with Gasteiger partial charge < -0.3 is 14.6 Å². The number of imidazole rings is 1. The number of aromatic nitrogens is 2. The Bertz CT molecular complexity index is 826. The molecule has 2 aromatic rings. The highest BCUT2D eigenvalue weighted by molar-refractivity contribution is 5.63. The highest BCUT2D eigenvalue weighted by Crippen LogP contribution is 2.33. The highest BCUT2D eigenvalue weighted by atomic mass is 16.6. The van der Waals surface area contributed by atoms with E-state index in [2.05, 4.69) is 4.98 Å². The Morgan fingerprint density at radius 3 is 2.96 bits per heavy atom. The third-order valence-corrected chi connectivity index (χ3v) is 4.68. The van der Waals surface area contributed by atoms with E-state index in [1.165, 1.54) is 12.1 Å². The van der Waals surface area contributed by atoms with Gasteiger partial charge in [0.05, 0.1) is 16.2 Å². The van der Waals surface area contributed by atoms with Crippen molar-refractivity contribution in [3.63, 3.8) is 0 Å². The van der Waals surface area contributed by atoms with Gasteiger partial charge in [-0.1, -0.05) is 0 Å². The van der Waals surface area contributed by atoms with Crippen LogP contribution < -0.4 is 4.90 Å². The van der Waals surface area contributed by atoms with E-state index in [0.29, 0.717) is 18.1 Å². The van der Waals surface area contributed by atoms with E-state index < -0.39 is 11.0 Å². The Kier molecular flexibility index (Phi) is 4.67. The molecule has 2 atom stereocenters. The van der Waals surface area contributed by atoms with Crippen molar-refractivity contribution >= 4 is 11.4 Å². The summed E-state index contributed by atoms with van der Waals surface area (Å²) in [4.78, 5) is 16.6. The second-order valence-electron chi connectivity index (χ2n) is 6.26. The van der Waals surface area contributed by atoms with Gasteiger partial charge in [0.15, 0.2) is 0 Å². The number of hydrogen-bond donors (Lipinski definition) is 1. The summed E-state index contributed by atoms with van der Waals surface area (Å²) in [5.74, 6) is 0.604. The van der Waals surface area contributed by atoms with Crippen molar-refractivity contribution in [3.8, 4) is 6.07 Å². The van der Waals surface area contributed by atoms with Crippen LogP contribution in [0.3, 0.4) is 0 Å². The van der Waals surface area contributed by atoms with Gasteiger partial charge in [0.25, 0.3) is 5.69 Å². The Labute approximate surface area is 145 Å². The molecule has 1 aromatic heterocycles. The lowest BCUT2D eigenvalue weighted by Crippen LogP contribution is -2.38. The third-order valence-electron chi connectivity index (χ3n) is 4.68. The summed E-state index contributed by atoms with van der Waals surface area (Å²) >= 11 is 0. The highest BCUT2D eigenvalue weighted by Gasteiger charge is 2.30. The Morgan fingerprint density at radius 2 is 2.32 bits per heavy atom. The van der Waals surface area contributed by atoms with E-state index in [1.54, 1.807) is 23.0 Å². The third kappa shape index (κ3) is 3.32. The molecule has 0 aliphatic carbocycles. The number of hydrogen-bond acceptors (Lipinski definition) is 6. The lowest BCUT2D eigenvalue weighted by Gasteiger charge is -2.36. The van der Waals surface area contributed by atoms with Crippen LogP contribution in [-0.4, -0.2) is 32.7 Å². The van der Waals surface area contributed by atoms with E-state index in [1.807, 2.05) is 18.0 Å². The van der Waals surface area contributed by atoms with Crippen molar-refractivity contribution in [1.82, 2.24) is 9.55 Å². The quantitative estimate of drug-likeness (QED) is 0.674. The molecule has 130 valence electrons. The van der Waals surface area contributed by atoms with Gasteiger partial charge in [-0.05, 0) is 18.9 Å². The topological polar surface area (TPSA) is 108 Å². The number of benzene rings is 1. The Balaban J connectivity index is 1.83. The maximum Gasteiger partial charge on any atom is 0.270 e. The van der Waals surface area contributed by atoms with E-state index in [9.17, 15) is 20.5 Å². The van der Waals surface area contributed by atoms with Crippen LogP contribution in [0.5, 0.6) is 0 Å². The first-order valence-corrected chi connectivity index (χ1v) is 8.10. The van der Waals surface area contributed by atoms with E-state index in [-0.39, 0.29) is 17.2 Å². The maximum atomic E-state index is 10.9. The number of nitro benzene ring substituents is 1. The predicted octanol–water partition coefficient (Wildman–Crippen LogP) is 2.15. The van der Waals surface area contributed by atoms with Crippen LogP contribution in [0.1, 0.15) is 30.3 Å². The standard InChI is InChI=1S/C17H19N5O3/c1-20-8-6-19-17(20)16(23)12-3-2-7-21(11-12)15-5-4-14(22(24)25)9-13(15)10-18/h4-6,8-9,12,16,23H,2-3,7,11H2,1H3.